The lowest BCUT2D eigenvalue weighted by molar-refractivity contribution is 0.00578. The highest BCUT2D eigenvalue weighted by atomic mass is 79.9. The summed E-state index contributed by atoms with van der Waals surface area (Å²) in [5, 5.41) is 16.2. The van der Waals surface area contributed by atoms with E-state index in [0.29, 0.717) is 6.26 Å². The average molecular weight is 1670 g/mol. The molecule has 0 saturated carbocycles. The van der Waals surface area contributed by atoms with E-state index in [4.69, 9.17) is 49.5 Å². The predicted octanol–water partition coefficient (Wildman–Crippen LogP) is 30.0. The fourth-order valence-corrected chi connectivity index (χ4v) is 17.5. The van der Waals surface area contributed by atoms with E-state index in [1.165, 1.54) is 182 Å². The van der Waals surface area contributed by atoms with E-state index in [1.54, 1.807) is 14.2 Å². The molecule has 0 atom stereocenters. The van der Waals surface area contributed by atoms with Crippen molar-refractivity contribution in [2.24, 2.45) is 0 Å². The molecular formula is C106H92BBrCl2O7S. The second-order valence-corrected chi connectivity index (χ2v) is 33.6. The summed E-state index contributed by atoms with van der Waals surface area (Å²) in [5.41, 5.74) is 28.1. The highest BCUT2D eigenvalue weighted by Crippen LogP contribution is 2.54. The molecule has 4 aliphatic carbocycles. The molecule has 1 saturated heterocycles. The van der Waals surface area contributed by atoms with Gasteiger partial charge in [-0.25, -0.2) is 0 Å². The molecule has 0 aromatic heterocycles. The van der Waals surface area contributed by atoms with E-state index >= 15 is 0 Å². The summed E-state index contributed by atoms with van der Waals surface area (Å²) >= 11 is 12.9. The van der Waals surface area contributed by atoms with E-state index in [-0.39, 0.29) is 23.7 Å². The van der Waals surface area contributed by atoms with Crippen molar-refractivity contribution in [1.29, 1.82) is 0 Å². The van der Waals surface area contributed by atoms with Crippen LogP contribution in [0.2, 0.25) is 0 Å². The van der Waals surface area contributed by atoms with Crippen molar-refractivity contribution < 1.29 is 34.7 Å². The van der Waals surface area contributed by atoms with Crippen LogP contribution in [0.5, 0.6) is 11.5 Å². The molecule has 12 heteroatoms. The molecule has 22 rings (SSSR count). The van der Waals surface area contributed by atoms with Gasteiger partial charge in [-0.2, -0.15) is 8.42 Å². The van der Waals surface area contributed by atoms with Crippen molar-refractivity contribution in [3.05, 3.63) is 338 Å². The zero-order valence-electron chi connectivity index (χ0n) is 69.7. The van der Waals surface area contributed by atoms with Gasteiger partial charge in [-0.1, -0.05) is 330 Å². The van der Waals surface area contributed by atoms with Gasteiger partial charge in [0.15, 0.2) is 0 Å². The minimum Gasteiger partial charge on any atom is -0.496 e. The number of allylic oxidation sites excluding steroid dienone is 1. The zero-order chi connectivity index (χ0) is 84.6. The summed E-state index contributed by atoms with van der Waals surface area (Å²) in [6.45, 7) is 14.7. The van der Waals surface area contributed by atoms with Crippen molar-refractivity contribution in [3.8, 4) is 123 Å². The van der Waals surface area contributed by atoms with E-state index in [0.717, 1.165) is 27.0 Å². The van der Waals surface area contributed by atoms with Crippen molar-refractivity contribution in [1.82, 2.24) is 0 Å². The van der Waals surface area contributed by atoms with Crippen LogP contribution in [0.1, 0.15) is 63.4 Å². The molecule has 588 valence electrons. The summed E-state index contributed by atoms with van der Waals surface area (Å²) in [5.74, 6) is 1.78. The minimum absolute atomic E-state index is 0.194. The van der Waals surface area contributed by atoms with Gasteiger partial charge in [0.2, 0.25) is 0 Å². The number of hydrogen-bond acceptors (Lipinski definition) is 6. The quantitative estimate of drug-likeness (QED) is 0.0767. The lowest BCUT2D eigenvalue weighted by Gasteiger charge is -2.32. The molecule has 1 aliphatic heterocycles. The molecule has 17 aromatic carbocycles. The Morgan fingerprint density at radius 3 is 1.14 bits per heavy atom. The maximum atomic E-state index is 9.19. The van der Waals surface area contributed by atoms with Crippen molar-refractivity contribution in [2.45, 2.75) is 66.1 Å². The Morgan fingerprint density at radius 1 is 0.381 bits per heavy atom. The maximum Gasteiger partial charge on any atom is 0.495 e. The number of halogens is 3. The van der Waals surface area contributed by atoms with Gasteiger partial charge in [-0.3, -0.25) is 4.55 Å². The number of ether oxygens (including phenoxy) is 2. The Bertz CT molecular complexity index is 6730. The predicted molar refractivity (Wildman–Crippen MR) is 509 cm³/mol. The Labute approximate surface area is 714 Å². The second kappa shape index (κ2) is 35.0. The first-order valence-corrected chi connectivity index (χ1v) is 43.4. The normalized spacial score (nSPS) is 13.1. The maximum absolute atomic E-state index is 9.19. The topological polar surface area (TPSA) is 91.3 Å². The Morgan fingerprint density at radius 2 is 0.695 bits per heavy atom. The van der Waals surface area contributed by atoms with E-state index in [2.05, 4.69) is 362 Å². The van der Waals surface area contributed by atoms with Gasteiger partial charge in [0, 0.05) is 8.53 Å². The average Bonchev–Trinajstić information content (AvgIpc) is 1.52. The molecular weight excluding hydrogens is 1580 g/mol. The monoisotopic (exact) mass is 1670 g/mol. The number of methoxy groups -OCH3 is 2. The van der Waals surface area contributed by atoms with Gasteiger partial charge in [0.1, 0.15) is 11.5 Å². The number of hydrogen-bond donors (Lipinski definition) is 1. The highest BCUT2D eigenvalue weighted by molar-refractivity contribution is 9.10. The summed E-state index contributed by atoms with van der Waals surface area (Å²) in [7, 11) is -0.618. The Balaban J connectivity index is 0.000000121. The molecule has 0 spiro atoms. The Kier molecular flexibility index (Phi) is 23.9. The van der Waals surface area contributed by atoms with E-state index in [9.17, 15) is 8.42 Å². The van der Waals surface area contributed by atoms with Crippen LogP contribution in [0, 0.1) is 0 Å². The van der Waals surface area contributed by atoms with Crippen LogP contribution in [0.3, 0.4) is 0 Å². The van der Waals surface area contributed by atoms with Gasteiger partial charge in [0.05, 0.1) is 41.5 Å². The highest BCUT2D eigenvalue weighted by Gasteiger charge is 2.52. The van der Waals surface area contributed by atoms with E-state index in [1.807, 2.05) is 36.4 Å². The molecule has 7 nitrogen and oxygen atoms in total. The number of para-hydroxylation sites is 2. The van der Waals surface area contributed by atoms with Gasteiger partial charge < -0.3 is 18.8 Å². The van der Waals surface area contributed by atoms with Gasteiger partial charge >= 0.3 is 7.12 Å². The molecule has 0 radical (unpaired) electrons. The zero-order valence-corrected chi connectivity index (χ0v) is 71.6. The van der Waals surface area contributed by atoms with Gasteiger partial charge in [-0.05, 0) is 256 Å². The largest absolute Gasteiger partial charge is 0.496 e. The van der Waals surface area contributed by atoms with Crippen molar-refractivity contribution in [3.63, 3.8) is 0 Å². The minimum atomic E-state index is -3.67. The molecule has 5 aliphatic rings. The standard InChI is InChI=1S/C25H18.C24H14.C23H16O.C22H21BO2.C7H7BrO.C3H8.CH2Cl2.CH4O3S.H2/c1-2-8-17-9-3-4-10-18(17)21-15-16-24-20-12-6-5-11-19(20)22-13-7-14-23(21)25(22)24;1-2-7-17-15(6-1)12-13-16-14-22-19-9-4-3-8-18(19)20-10-5-11-21(23(16)17)24(20)22;1-24-22-12-5-4-9-18(22)17-13-14-21-16-8-3-2-7-15(16)19-10-6-11-20(17)23(19)21;1-21(2)22(3,4)25-23(24-21)19-13-12-17-15-9-6-5-8-14(15)16-10-7-11-18(19)20(16)17;1-9-7-5-3-2-4-6(7)8;1-3-2;2-1-3;1-5(2,3)4;/h2-16H,1H3;1-14H;2-14H,1H3;5-13H,1-4H3;2-5H,1H3;3H2,1-2H3;1H2;1H3,(H,2,3,4);1H/i;;;;;;;;1+1D. The smallest absolute Gasteiger partial charge is 0.495 e. The van der Waals surface area contributed by atoms with Crippen LogP contribution in [-0.2, 0) is 19.4 Å². The van der Waals surface area contributed by atoms with Crippen LogP contribution in [0.15, 0.2) is 332 Å². The SMILES string of the molecule is CC1(C)OB(c2ccc3c4c(cccc24)-c2ccccc2-3)OC1(C)C.CC=Cc1ccccc1-c1ccc2c3c(cccc13)-c1ccccc1-2.CCC.COc1ccccc1-c1ccc2c3c(cccc13)-c1ccccc1-2.COc1ccccc1Br.CS(=O)(=O)O.ClCCl.[2H][2H].c1ccc2c(c1)-c1cccc3c1c-2cc1ccc2ccccc2c13. The molecule has 0 bridgehead atoms. The van der Waals surface area contributed by atoms with Crippen molar-refractivity contribution in [2.75, 3.05) is 25.8 Å². The fourth-order valence-electron chi connectivity index (χ4n) is 17.0. The van der Waals surface area contributed by atoms with Gasteiger partial charge in [0.25, 0.3) is 10.1 Å². The molecule has 0 amide bonds. The molecule has 0 unspecified atom stereocenters. The third-order valence-electron chi connectivity index (χ3n) is 22.6. The molecule has 1 N–H and O–H groups in total. The second-order valence-electron chi connectivity index (χ2n) is 30.5. The summed E-state index contributed by atoms with van der Waals surface area (Å²) in [6, 6.07) is 115. The van der Waals surface area contributed by atoms with Crippen LogP contribution in [0.4, 0.5) is 0 Å². The molecule has 1 heterocycles. The first-order chi connectivity index (χ1) is 58.2. The molecule has 17 aromatic rings. The fraction of sp³-hybridized carbons (Fsp3) is 0.132. The summed E-state index contributed by atoms with van der Waals surface area (Å²) < 4.78 is 60.1. The molecule has 118 heavy (non-hydrogen) atoms. The van der Waals surface area contributed by atoms with Crippen LogP contribution < -0.4 is 14.9 Å². The number of fused-ring (bicyclic) bond motifs is 16. The van der Waals surface area contributed by atoms with Gasteiger partial charge in [-0.15, -0.1) is 23.2 Å². The van der Waals surface area contributed by atoms with Crippen LogP contribution in [0.25, 0.3) is 182 Å². The summed E-state index contributed by atoms with van der Waals surface area (Å²) in [4.78, 5) is 0. The molecule has 1 fully saturated rings. The number of alkyl halides is 2. The lowest BCUT2D eigenvalue weighted by atomic mass is 9.75. The van der Waals surface area contributed by atoms with Crippen molar-refractivity contribution >= 4 is 133 Å². The number of rotatable bonds is 6. The first kappa shape index (κ1) is 80.4. The van der Waals surface area contributed by atoms with Crippen LogP contribution >= 0.6 is 39.1 Å². The third-order valence-corrected chi connectivity index (χ3v) is 23.3. The number of benzene rings is 17. The van der Waals surface area contributed by atoms with Crippen LogP contribution in [-0.4, -0.2) is 57.1 Å². The third kappa shape index (κ3) is 15.8. The summed E-state index contributed by atoms with van der Waals surface area (Å²) in [6.07, 6.45) is 6.26. The Hall–Kier alpha value is -11.4. The van der Waals surface area contributed by atoms with E-state index < -0.39 is 10.1 Å². The lowest BCUT2D eigenvalue weighted by Crippen LogP contribution is -2.41. The first-order valence-electron chi connectivity index (χ1n) is 40.7.